The maximum absolute atomic E-state index is 14.5. The first-order valence-electron chi connectivity index (χ1n) is 9.59. The van der Waals surface area contributed by atoms with E-state index in [0.717, 1.165) is 17.3 Å². The molecule has 1 heterocycles. The van der Waals surface area contributed by atoms with Crippen molar-refractivity contribution in [3.63, 3.8) is 0 Å². The lowest BCUT2D eigenvalue weighted by Crippen LogP contribution is -2.50. The van der Waals surface area contributed by atoms with Gasteiger partial charge in [0, 0.05) is 34.7 Å². The second-order valence-corrected chi connectivity index (χ2v) is 10.9. The number of hydrogen-bond acceptors (Lipinski definition) is 3. The van der Waals surface area contributed by atoms with Crippen molar-refractivity contribution in [3.05, 3.63) is 92.1 Å². The average molecular weight is 534 g/mol. The van der Waals surface area contributed by atoms with Gasteiger partial charge in [0.2, 0.25) is 10.0 Å². The molecule has 0 bridgehead atoms. The van der Waals surface area contributed by atoms with Crippen LogP contribution in [-0.4, -0.2) is 32.4 Å². The molecule has 1 atom stereocenters. The molecule has 1 fully saturated rings. The van der Waals surface area contributed by atoms with E-state index in [1.54, 1.807) is 30.3 Å². The van der Waals surface area contributed by atoms with Crippen LogP contribution >= 0.6 is 46.4 Å². The van der Waals surface area contributed by atoms with E-state index in [-0.39, 0.29) is 24.2 Å². The molecule has 0 N–H and O–H groups in total. The Hall–Kier alpha value is -1.54. The van der Waals surface area contributed by atoms with E-state index in [1.165, 1.54) is 16.4 Å². The number of rotatable bonds is 4. The largest absolute Gasteiger partial charge is 0.361 e. The molecule has 10 heteroatoms. The van der Waals surface area contributed by atoms with Crippen LogP contribution in [0.2, 0.25) is 20.1 Å². The smallest absolute Gasteiger partial charge is 0.246 e. The number of benzene rings is 3. The molecule has 3 aromatic carbocycles. The van der Waals surface area contributed by atoms with Crippen molar-refractivity contribution in [2.45, 2.75) is 10.9 Å². The summed E-state index contributed by atoms with van der Waals surface area (Å²) in [5.41, 5.74) is 1.57. The van der Waals surface area contributed by atoms with Crippen molar-refractivity contribution in [2.24, 2.45) is 0 Å². The Kier molecular flexibility index (Phi) is 6.92. The summed E-state index contributed by atoms with van der Waals surface area (Å²) in [5, 5.41) is 1.65. The SMILES string of the molecule is O=S(=O)(c1ccc(Cl)cc1F)N1CCN(c2ccc(Cl)cc2Cl)C(c2ccc(Cl)cc2)C1. The number of nitrogens with zero attached hydrogens (tertiary/aromatic N) is 2. The van der Waals surface area contributed by atoms with E-state index in [1.807, 2.05) is 17.0 Å². The maximum Gasteiger partial charge on any atom is 0.246 e. The first kappa shape index (κ1) is 23.6. The predicted octanol–water partition coefficient (Wildman–Crippen LogP) is 6.69. The van der Waals surface area contributed by atoms with Crippen molar-refractivity contribution in [2.75, 3.05) is 24.5 Å². The zero-order chi connectivity index (χ0) is 23.0. The Labute approximate surface area is 206 Å². The van der Waals surface area contributed by atoms with E-state index in [9.17, 15) is 12.8 Å². The quantitative estimate of drug-likeness (QED) is 0.375. The second kappa shape index (κ2) is 9.37. The van der Waals surface area contributed by atoms with E-state index >= 15 is 0 Å². The van der Waals surface area contributed by atoms with Crippen molar-refractivity contribution in [1.29, 1.82) is 0 Å². The van der Waals surface area contributed by atoms with Gasteiger partial charge in [-0.05, 0) is 54.1 Å². The number of halogens is 5. The summed E-state index contributed by atoms with van der Waals surface area (Å²) in [6.07, 6.45) is 0. The van der Waals surface area contributed by atoms with Gasteiger partial charge in [0.25, 0.3) is 0 Å². The third kappa shape index (κ3) is 4.72. The summed E-state index contributed by atoms with van der Waals surface area (Å²) in [6.45, 7) is 0.571. The Morgan fingerprint density at radius 3 is 2.09 bits per heavy atom. The number of hydrogen-bond donors (Lipinski definition) is 0. The van der Waals surface area contributed by atoms with Crippen molar-refractivity contribution >= 4 is 62.1 Å². The second-order valence-electron chi connectivity index (χ2n) is 7.29. The molecule has 0 aliphatic carbocycles. The summed E-state index contributed by atoms with van der Waals surface area (Å²) in [7, 11) is -4.09. The van der Waals surface area contributed by atoms with Crippen molar-refractivity contribution < 1.29 is 12.8 Å². The van der Waals surface area contributed by atoms with Gasteiger partial charge in [-0.3, -0.25) is 0 Å². The normalized spacial score (nSPS) is 17.5. The van der Waals surface area contributed by atoms with Gasteiger partial charge in [-0.2, -0.15) is 4.31 Å². The highest BCUT2D eigenvalue weighted by Gasteiger charge is 2.37. The zero-order valence-corrected chi connectivity index (χ0v) is 20.3. The van der Waals surface area contributed by atoms with Crippen LogP contribution in [0.3, 0.4) is 0 Å². The zero-order valence-electron chi connectivity index (χ0n) is 16.5. The minimum absolute atomic E-state index is 0.0883. The maximum atomic E-state index is 14.5. The standard InChI is InChI=1S/C22H17Cl4FN2O2S/c23-15-3-1-14(2-4-15)21-13-28(32(30,31)22-8-6-17(25)12-19(22)27)9-10-29(21)20-7-5-16(24)11-18(20)26/h1-8,11-12,21H,9-10,13H2. The van der Waals surface area contributed by atoms with Crippen molar-refractivity contribution in [3.8, 4) is 0 Å². The van der Waals surface area contributed by atoms with Crippen LogP contribution in [0, 0.1) is 5.82 Å². The van der Waals surface area contributed by atoms with Crippen LogP contribution in [0.15, 0.2) is 65.6 Å². The fourth-order valence-electron chi connectivity index (χ4n) is 3.77. The molecular weight excluding hydrogens is 517 g/mol. The van der Waals surface area contributed by atoms with E-state index in [4.69, 9.17) is 46.4 Å². The van der Waals surface area contributed by atoms with Crippen LogP contribution in [0.4, 0.5) is 10.1 Å². The van der Waals surface area contributed by atoms with Gasteiger partial charge in [0.05, 0.1) is 16.8 Å². The van der Waals surface area contributed by atoms with Gasteiger partial charge in [-0.15, -0.1) is 0 Å². The van der Waals surface area contributed by atoms with Gasteiger partial charge in [-0.1, -0.05) is 58.5 Å². The molecule has 3 aromatic rings. The summed E-state index contributed by atoms with van der Waals surface area (Å²) in [5.74, 6) is -0.885. The highest BCUT2D eigenvalue weighted by atomic mass is 35.5. The minimum atomic E-state index is -4.09. The van der Waals surface area contributed by atoms with Crippen LogP contribution in [-0.2, 0) is 10.0 Å². The molecule has 0 aromatic heterocycles. The van der Waals surface area contributed by atoms with Gasteiger partial charge in [0.15, 0.2) is 0 Å². The van der Waals surface area contributed by atoms with Crippen LogP contribution < -0.4 is 4.90 Å². The first-order chi connectivity index (χ1) is 15.2. The minimum Gasteiger partial charge on any atom is -0.361 e. The summed E-state index contributed by atoms with van der Waals surface area (Å²) in [4.78, 5) is 1.61. The van der Waals surface area contributed by atoms with Gasteiger partial charge in [0.1, 0.15) is 10.7 Å². The summed E-state index contributed by atoms with van der Waals surface area (Å²) >= 11 is 24.4. The van der Waals surface area contributed by atoms with E-state index in [0.29, 0.717) is 21.6 Å². The topological polar surface area (TPSA) is 40.6 Å². The van der Waals surface area contributed by atoms with Crippen LogP contribution in [0.25, 0.3) is 0 Å². The first-order valence-corrected chi connectivity index (χ1v) is 12.5. The van der Waals surface area contributed by atoms with Crippen molar-refractivity contribution in [1.82, 2.24) is 4.31 Å². The van der Waals surface area contributed by atoms with Crippen LogP contribution in [0.5, 0.6) is 0 Å². The van der Waals surface area contributed by atoms with E-state index in [2.05, 4.69) is 0 Å². The molecule has 4 nitrogen and oxygen atoms in total. The summed E-state index contributed by atoms with van der Waals surface area (Å²) in [6, 6.07) is 15.5. The summed E-state index contributed by atoms with van der Waals surface area (Å²) < 4.78 is 42.3. The van der Waals surface area contributed by atoms with Gasteiger partial charge in [-0.25, -0.2) is 12.8 Å². The third-order valence-electron chi connectivity index (χ3n) is 5.33. The van der Waals surface area contributed by atoms with Gasteiger partial charge >= 0.3 is 0 Å². The molecular formula is C22H17Cl4FN2O2S. The highest BCUT2D eigenvalue weighted by molar-refractivity contribution is 7.89. The molecule has 0 spiro atoms. The lowest BCUT2D eigenvalue weighted by Gasteiger charge is -2.42. The molecule has 1 saturated heterocycles. The Morgan fingerprint density at radius 1 is 0.812 bits per heavy atom. The molecule has 0 amide bonds. The number of sulfonamides is 1. The number of piperazine rings is 1. The average Bonchev–Trinajstić information content (AvgIpc) is 2.74. The highest BCUT2D eigenvalue weighted by Crippen LogP contribution is 2.38. The van der Waals surface area contributed by atoms with E-state index < -0.39 is 20.7 Å². The molecule has 1 aliphatic heterocycles. The van der Waals surface area contributed by atoms with Gasteiger partial charge < -0.3 is 4.90 Å². The van der Waals surface area contributed by atoms with Crippen LogP contribution in [0.1, 0.15) is 11.6 Å². The number of anilines is 1. The lowest BCUT2D eigenvalue weighted by atomic mass is 10.0. The predicted molar refractivity (Wildman–Crippen MR) is 128 cm³/mol. The fraction of sp³-hybridized carbons (Fsp3) is 0.182. The Balaban J connectivity index is 1.73. The Bertz CT molecular complexity index is 1260. The molecule has 168 valence electrons. The molecule has 4 rings (SSSR count). The monoisotopic (exact) mass is 532 g/mol. The lowest BCUT2D eigenvalue weighted by molar-refractivity contribution is 0.334. The molecule has 1 aliphatic rings. The molecule has 1 unspecified atom stereocenters. The third-order valence-corrected chi connectivity index (χ3v) is 8.25. The molecule has 32 heavy (non-hydrogen) atoms. The Morgan fingerprint density at radius 2 is 1.44 bits per heavy atom. The molecule has 0 saturated carbocycles. The fourth-order valence-corrected chi connectivity index (χ4v) is 6.06. The molecule has 0 radical (unpaired) electrons.